The van der Waals surface area contributed by atoms with Crippen molar-refractivity contribution in [3.8, 4) is 0 Å². The van der Waals surface area contributed by atoms with Crippen LogP contribution in [-0.4, -0.2) is 40.6 Å². The molecule has 0 bridgehead atoms. The third-order valence-electron chi connectivity index (χ3n) is 3.44. The van der Waals surface area contributed by atoms with Gasteiger partial charge in [-0.05, 0) is 31.9 Å². The first-order valence-corrected chi connectivity index (χ1v) is 6.78. The van der Waals surface area contributed by atoms with Crippen molar-refractivity contribution >= 4 is 5.78 Å². The zero-order chi connectivity index (χ0) is 14.0. The van der Waals surface area contributed by atoms with E-state index < -0.39 is 0 Å². The van der Waals surface area contributed by atoms with Crippen molar-refractivity contribution in [3.63, 3.8) is 0 Å². The summed E-state index contributed by atoms with van der Waals surface area (Å²) in [6.07, 6.45) is 1.65. The maximum Gasteiger partial charge on any atom is 0.200 e. The highest BCUT2D eigenvalue weighted by molar-refractivity contribution is 5.98. The number of carbonyl (C=O) groups excluding carboxylic acids is 1. The second kappa shape index (κ2) is 5.39. The van der Waals surface area contributed by atoms with E-state index in [0.717, 1.165) is 6.54 Å². The molecule has 2 rings (SSSR count). The van der Waals surface area contributed by atoms with Crippen LogP contribution in [0.3, 0.4) is 0 Å². The maximum absolute atomic E-state index is 12.5. The summed E-state index contributed by atoms with van der Waals surface area (Å²) >= 11 is 0. The molecule has 19 heavy (non-hydrogen) atoms. The first kappa shape index (κ1) is 14.2. The average molecular weight is 262 g/mol. The third-order valence-corrected chi connectivity index (χ3v) is 3.44. The number of hydrogen-bond donors (Lipinski definition) is 0. The molecule has 1 aliphatic rings. The Bertz CT molecular complexity index is 443. The fourth-order valence-electron chi connectivity index (χ4n) is 2.47. The molecule has 0 N–H and O–H groups in total. The molecule has 1 aromatic heterocycles. The van der Waals surface area contributed by atoms with Gasteiger partial charge in [-0.15, -0.1) is 0 Å². The van der Waals surface area contributed by atoms with Crippen molar-refractivity contribution in [2.75, 3.05) is 13.2 Å². The minimum absolute atomic E-state index is 0.0480. The lowest BCUT2D eigenvalue weighted by Gasteiger charge is -2.34. The summed E-state index contributed by atoms with van der Waals surface area (Å²) in [5.74, 6) is 0.534. The van der Waals surface area contributed by atoms with Crippen LogP contribution >= 0.6 is 0 Å². The Kier molecular flexibility index (Phi) is 4.02. The summed E-state index contributed by atoms with van der Waals surface area (Å²) in [7, 11) is 0. The fraction of sp³-hybridized carbons (Fsp3) is 0.600. The highest BCUT2D eigenvalue weighted by Gasteiger charge is 2.44. The van der Waals surface area contributed by atoms with E-state index in [2.05, 4.69) is 23.7 Å². The minimum Gasteiger partial charge on any atom is -0.359 e. The molecule has 1 atom stereocenters. The molecule has 1 aromatic rings. The van der Waals surface area contributed by atoms with Crippen LogP contribution in [-0.2, 0) is 4.74 Å². The van der Waals surface area contributed by atoms with Crippen LogP contribution in [0, 0.1) is 5.92 Å². The molecule has 2 heterocycles. The topological polar surface area (TPSA) is 42.4 Å². The van der Waals surface area contributed by atoms with Gasteiger partial charge in [-0.25, -0.2) is 0 Å². The molecule has 0 amide bonds. The lowest BCUT2D eigenvalue weighted by molar-refractivity contribution is -0.0565. The van der Waals surface area contributed by atoms with Gasteiger partial charge in [0.05, 0.1) is 6.61 Å². The number of nitrogens with zero attached hydrogens (tertiary/aromatic N) is 2. The summed E-state index contributed by atoms with van der Waals surface area (Å²) in [5, 5.41) is 0. The Hall–Kier alpha value is -1.26. The number of ether oxygens (including phenoxy) is 1. The van der Waals surface area contributed by atoms with Gasteiger partial charge in [0.1, 0.15) is 17.5 Å². The Morgan fingerprint density at radius 2 is 2.26 bits per heavy atom. The van der Waals surface area contributed by atoms with Crippen molar-refractivity contribution in [2.45, 2.75) is 39.5 Å². The second-order valence-electron chi connectivity index (χ2n) is 5.90. The second-order valence-corrected chi connectivity index (χ2v) is 5.90. The van der Waals surface area contributed by atoms with Crippen LogP contribution in [0.1, 0.15) is 38.2 Å². The van der Waals surface area contributed by atoms with E-state index in [9.17, 15) is 4.79 Å². The molecular formula is C15H22N2O2. The van der Waals surface area contributed by atoms with Gasteiger partial charge < -0.3 is 4.74 Å². The summed E-state index contributed by atoms with van der Waals surface area (Å²) in [5.41, 5.74) is 0.127. The zero-order valence-corrected chi connectivity index (χ0v) is 12.1. The van der Waals surface area contributed by atoms with Crippen LogP contribution < -0.4 is 0 Å². The van der Waals surface area contributed by atoms with Crippen LogP contribution in [0.5, 0.6) is 0 Å². The van der Waals surface area contributed by atoms with Gasteiger partial charge in [0, 0.05) is 12.7 Å². The van der Waals surface area contributed by atoms with Crippen LogP contribution in [0.25, 0.3) is 0 Å². The first-order valence-electron chi connectivity index (χ1n) is 6.78. The van der Waals surface area contributed by atoms with E-state index in [-0.39, 0.29) is 17.6 Å². The quantitative estimate of drug-likeness (QED) is 0.781. The lowest BCUT2D eigenvalue weighted by Crippen LogP contribution is -2.48. The Labute approximate surface area is 114 Å². The molecule has 104 valence electrons. The van der Waals surface area contributed by atoms with E-state index >= 15 is 0 Å². The van der Waals surface area contributed by atoms with E-state index in [0.29, 0.717) is 18.2 Å². The molecule has 0 saturated carbocycles. The molecule has 4 nitrogen and oxygen atoms in total. The molecule has 4 heteroatoms. The first-order chi connectivity index (χ1) is 8.92. The summed E-state index contributed by atoms with van der Waals surface area (Å²) < 4.78 is 5.79. The predicted molar refractivity (Wildman–Crippen MR) is 73.9 cm³/mol. The Morgan fingerprint density at radius 1 is 1.53 bits per heavy atom. The molecule has 0 radical (unpaired) electrons. The number of ketones is 1. The maximum atomic E-state index is 12.5. The van der Waals surface area contributed by atoms with Crippen LogP contribution in [0.4, 0.5) is 0 Å². The van der Waals surface area contributed by atoms with Crippen LogP contribution in [0.2, 0.25) is 0 Å². The van der Waals surface area contributed by atoms with Crippen molar-refractivity contribution in [1.82, 2.24) is 9.88 Å². The van der Waals surface area contributed by atoms with E-state index in [4.69, 9.17) is 4.74 Å². The van der Waals surface area contributed by atoms with Gasteiger partial charge in [0.2, 0.25) is 5.78 Å². The van der Waals surface area contributed by atoms with Gasteiger partial charge in [-0.3, -0.25) is 14.7 Å². The van der Waals surface area contributed by atoms with Crippen molar-refractivity contribution in [2.24, 2.45) is 5.92 Å². The molecule has 0 aliphatic carbocycles. The van der Waals surface area contributed by atoms with E-state index in [1.165, 1.54) is 0 Å². The van der Waals surface area contributed by atoms with E-state index in [1.807, 2.05) is 26.0 Å². The van der Waals surface area contributed by atoms with Gasteiger partial charge in [-0.2, -0.15) is 0 Å². The van der Waals surface area contributed by atoms with Gasteiger partial charge in [-0.1, -0.05) is 19.9 Å². The zero-order valence-electron chi connectivity index (χ0n) is 12.1. The van der Waals surface area contributed by atoms with Crippen LogP contribution in [0.15, 0.2) is 24.4 Å². The number of hydrogen-bond acceptors (Lipinski definition) is 4. The van der Waals surface area contributed by atoms with Gasteiger partial charge in [0.25, 0.3) is 0 Å². The lowest BCUT2D eigenvalue weighted by atomic mass is 10.0. The highest BCUT2D eigenvalue weighted by Crippen LogP contribution is 2.29. The number of aromatic nitrogens is 1. The number of pyridine rings is 1. The summed E-state index contributed by atoms with van der Waals surface area (Å²) in [4.78, 5) is 18.8. The Balaban J connectivity index is 2.21. The molecular weight excluding hydrogens is 240 g/mol. The van der Waals surface area contributed by atoms with Gasteiger partial charge in [0.15, 0.2) is 0 Å². The molecule has 1 saturated heterocycles. The third kappa shape index (κ3) is 3.01. The van der Waals surface area contributed by atoms with Gasteiger partial charge >= 0.3 is 0 Å². The molecule has 1 fully saturated rings. The molecule has 1 aliphatic heterocycles. The summed E-state index contributed by atoms with van der Waals surface area (Å²) in [6, 6.07) is 5.19. The number of carbonyl (C=O) groups is 1. The Morgan fingerprint density at radius 3 is 2.84 bits per heavy atom. The molecule has 0 unspecified atom stereocenters. The predicted octanol–water partition coefficient (Wildman–Crippen LogP) is 2.36. The van der Waals surface area contributed by atoms with Crippen molar-refractivity contribution in [1.29, 1.82) is 0 Å². The minimum atomic E-state index is -0.390. The number of Topliss-reactive ketones (excluding diaryl/α,β-unsaturated/α-hetero) is 1. The van der Waals surface area contributed by atoms with Crippen molar-refractivity contribution < 1.29 is 9.53 Å². The standard InChI is InChI=1S/C15H22N2O2/c1-11(2)9-17-13(10-19-15(17,3)4)14(18)12-7-5-6-8-16-12/h5-8,11,13H,9-10H2,1-4H3/t13-/m0/s1. The van der Waals surface area contributed by atoms with Crippen molar-refractivity contribution in [3.05, 3.63) is 30.1 Å². The monoisotopic (exact) mass is 262 g/mol. The summed E-state index contributed by atoms with van der Waals surface area (Å²) in [6.45, 7) is 9.61. The fourth-order valence-corrected chi connectivity index (χ4v) is 2.47. The SMILES string of the molecule is CC(C)CN1[C@H](C(=O)c2ccccn2)COC1(C)C. The van der Waals surface area contributed by atoms with E-state index in [1.54, 1.807) is 12.3 Å². The largest absolute Gasteiger partial charge is 0.359 e. The molecule has 0 spiro atoms. The normalized spacial score (nSPS) is 22.9. The average Bonchev–Trinajstić information content (AvgIpc) is 2.65. The smallest absolute Gasteiger partial charge is 0.200 e. The number of rotatable bonds is 4. The highest BCUT2D eigenvalue weighted by atomic mass is 16.5. The molecule has 0 aromatic carbocycles.